The second-order valence-electron chi connectivity index (χ2n) is 2.13. The summed E-state index contributed by atoms with van der Waals surface area (Å²) in [6, 6.07) is 12.9. The number of aromatic nitrogens is 1. The van der Waals surface area contributed by atoms with E-state index in [0.717, 1.165) is 10.9 Å². The van der Waals surface area contributed by atoms with Gasteiger partial charge in [-0.05, 0) is 5.52 Å². The van der Waals surface area contributed by atoms with Crippen LogP contribution < -0.4 is 17.0 Å². The van der Waals surface area contributed by atoms with Crippen LogP contribution in [0.3, 0.4) is 0 Å². The Bertz CT molecular complexity index is 286. The largest absolute Gasteiger partial charge is 2.00 e. The molecule has 0 aliphatic rings. The summed E-state index contributed by atoms with van der Waals surface area (Å²) in [5.41, 5.74) is 1.03. The van der Waals surface area contributed by atoms with Crippen molar-refractivity contribution in [2.45, 2.75) is 0 Å². The molecule has 0 unspecified atom stereocenters. The molecule has 1 heterocycles. The molecule has 0 amide bonds. The van der Waals surface area contributed by atoms with Gasteiger partial charge in [0.05, 0.1) is 0 Å². The fraction of sp³-hybridized carbons (Fsp3) is 0. The van der Waals surface area contributed by atoms with Crippen LogP contribution >= 0.6 is 0 Å². The minimum absolute atomic E-state index is 0. The van der Waals surface area contributed by atoms with Crippen molar-refractivity contribution in [2.24, 2.45) is 0 Å². The summed E-state index contributed by atoms with van der Waals surface area (Å²) >= 11 is 0. The number of rotatable bonds is 0. The molecule has 0 N–H and O–H groups in total. The normalized spacial score (nSPS) is 8.33. The standard InChI is InChI=1S/C9H6N.BrH.Zn/c1-2-6-9-8(4-1)5-3-7-10-9;;/h1-2,4-7H;1H;/q-1;;+2/p-1. The fourth-order valence-electron chi connectivity index (χ4n) is 0.961. The van der Waals surface area contributed by atoms with Gasteiger partial charge in [-0.1, -0.05) is 24.4 Å². The molecule has 1 nitrogen and oxygen atoms in total. The van der Waals surface area contributed by atoms with Crippen molar-refractivity contribution in [2.75, 3.05) is 0 Å². The Morgan fingerprint density at radius 3 is 2.67 bits per heavy atom. The first-order chi connectivity index (χ1) is 4.97. The second-order valence-corrected chi connectivity index (χ2v) is 2.13. The molecular formula is C9H6BrNZn. The van der Waals surface area contributed by atoms with Crippen molar-refractivity contribution >= 4 is 10.9 Å². The minimum Gasteiger partial charge on any atom is -1.00 e. The maximum Gasteiger partial charge on any atom is 2.00 e. The molecule has 1 aromatic carbocycles. The molecule has 0 radical (unpaired) electrons. The van der Waals surface area contributed by atoms with Gasteiger partial charge in [-0.3, -0.25) is 4.98 Å². The summed E-state index contributed by atoms with van der Waals surface area (Å²) in [6.45, 7) is 0. The summed E-state index contributed by atoms with van der Waals surface area (Å²) in [6.07, 6.45) is 1.68. The molecule has 56 valence electrons. The maximum absolute atomic E-state index is 4.13. The molecule has 12 heavy (non-hydrogen) atoms. The van der Waals surface area contributed by atoms with Gasteiger partial charge in [-0.2, -0.15) is 0 Å². The van der Waals surface area contributed by atoms with Gasteiger partial charge < -0.3 is 17.0 Å². The predicted octanol–water partition coefficient (Wildman–Crippen LogP) is -0.964. The third-order valence-corrected chi connectivity index (χ3v) is 1.45. The minimum atomic E-state index is 0. The van der Waals surface area contributed by atoms with Crippen LogP contribution in [-0.4, -0.2) is 4.98 Å². The Hall–Kier alpha value is -0.267. The van der Waals surface area contributed by atoms with Gasteiger partial charge in [0, 0.05) is 0 Å². The molecule has 0 saturated carbocycles. The Kier molecular flexibility index (Phi) is 5.27. The molecule has 0 aliphatic carbocycles. The van der Waals surface area contributed by atoms with Crippen LogP contribution in [0.15, 0.2) is 36.5 Å². The summed E-state index contributed by atoms with van der Waals surface area (Å²) in [4.78, 5) is 4.13. The van der Waals surface area contributed by atoms with Crippen molar-refractivity contribution < 1.29 is 36.5 Å². The van der Waals surface area contributed by atoms with Gasteiger partial charge in [0.1, 0.15) is 0 Å². The molecule has 2 rings (SSSR count). The van der Waals surface area contributed by atoms with Crippen LogP contribution in [0.4, 0.5) is 0 Å². The summed E-state index contributed by atoms with van der Waals surface area (Å²) < 4.78 is 0. The molecule has 0 spiro atoms. The van der Waals surface area contributed by atoms with Crippen LogP contribution in [0, 0.1) is 6.07 Å². The zero-order chi connectivity index (χ0) is 6.81. The van der Waals surface area contributed by atoms with Crippen LogP contribution in [0.2, 0.25) is 0 Å². The second kappa shape index (κ2) is 5.39. The van der Waals surface area contributed by atoms with E-state index in [1.165, 1.54) is 0 Å². The summed E-state index contributed by atoms with van der Waals surface area (Å²) in [5, 5.41) is 1.14. The first-order valence-electron chi connectivity index (χ1n) is 3.18. The molecule has 0 aliphatic heterocycles. The topological polar surface area (TPSA) is 12.9 Å². The quantitative estimate of drug-likeness (QED) is 0.445. The van der Waals surface area contributed by atoms with Crippen molar-refractivity contribution in [3.05, 3.63) is 42.6 Å². The molecular weight excluding hydrogens is 267 g/mol. The Morgan fingerprint density at radius 1 is 1.17 bits per heavy atom. The van der Waals surface area contributed by atoms with E-state index in [9.17, 15) is 0 Å². The average molecular weight is 273 g/mol. The SMILES string of the molecule is [Br-].[Zn+2].[c-]1cnc2ccccc2c1. The van der Waals surface area contributed by atoms with Gasteiger partial charge in [0.15, 0.2) is 0 Å². The number of nitrogens with zero attached hydrogens (tertiary/aromatic N) is 1. The van der Waals surface area contributed by atoms with Crippen molar-refractivity contribution in [3.8, 4) is 0 Å². The number of para-hydroxylation sites is 1. The molecule has 0 bridgehead atoms. The van der Waals surface area contributed by atoms with E-state index in [2.05, 4.69) is 11.1 Å². The van der Waals surface area contributed by atoms with E-state index in [-0.39, 0.29) is 36.5 Å². The van der Waals surface area contributed by atoms with Crippen molar-refractivity contribution in [1.29, 1.82) is 0 Å². The van der Waals surface area contributed by atoms with E-state index < -0.39 is 0 Å². The van der Waals surface area contributed by atoms with E-state index in [0.29, 0.717) is 0 Å². The van der Waals surface area contributed by atoms with Gasteiger partial charge in [0.25, 0.3) is 0 Å². The van der Waals surface area contributed by atoms with Crippen LogP contribution in [0.25, 0.3) is 10.9 Å². The van der Waals surface area contributed by atoms with E-state index >= 15 is 0 Å². The molecule has 0 saturated heterocycles. The van der Waals surface area contributed by atoms with Gasteiger partial charge in [-0.15, -0.1) is 11.5 Å². The van der Waals surface area contributed by atoms with E-state index in [1.807, 2.05) is 30.3 Å². The number of pyridine rings is 1. The fourth-order valence-corrected chi connectivity index (χ4v) is 0.961. The smallest absolute Gasteiger partial charge is 1.00 e. The van der Waals surface area contributed by atoms with Crippen molar-refractivity contribution in [3.63, 3.8) is 0 Å². The van der Waals surface area contributed by atoms with Crippen LogP contribution in [-0.2, 0) is 19.5 Å². The zero-order valence-corrected chi connectivity index (χ0v) is 11.0. The molecule has 0 fully saturated rings. The molecule has 2 aromatic rings. The summed E-state index contributed by atoms with van der Waals surface area (Å²) in [7, 11) is 0. The monoisotopic (exact) mass is 271 g/mol. The molecule has 0 atom stereocenters. The molecule has 1 aromatic heterocycles. The number of fused-ring (bicyclic) bond motifs is 1. The number of benzene rings is 1. The van der Waals surface area contributed by atoms with Crippen LogP contribution in [0.1, 0.15) is 0 Å². The van der Waals surface area contributed by atoms with E-state index in [1.54, 1.807) is 6.20 Å². The maximum atomic E-state index is 4.13. The first kappa shape index (κ1) is 11.7. The molecule has 3 heteroatoms. The zero-order valence-electron chi connectivity index (χ0n) is 6.50. The Labute approximate surface area is 94.7 Å². The number of hydrogen-bond donors (Lipinski definition) is 0. The van der Waals surface area contributed by atoms with Gasteiger partial charge >= 0.3 is 19.5 Å². The summed E-state index contributed by atoms with van der Waals surface area (Å²) in [5.74, 6) is 0. The van der Waals surface area contributed by atoms with Crippen molar-refractivity contribution in [1.82, 2.24) is 4.98 Å². The van der Waals surface area contributed by atoms with E-state index in [4.69, 9.17) is 0 Å². The number of hydrogen-bond acceptors (Lipinski definition) is 1. The number of halogens is 1. The Balaban J connectivity index is 0.000000605. The third kappa shape index (κ3) is 2.36. The van der Waals surface area contributed by atoms with Gasteiger partial charge in [-0.25, -0.2) is 12.1 Å². The predicted molar refractivity (Wildman–Crippen MR) is 40.6 cm³/mol. The third-order valence-electron chi connectivity index (χ3n) is 1.45. The average Bonchev–Trinajstić information content (AvgIpc) is 2.05. The first-order valence-corrected chi connectivity index (χ1v) is 3.18. The van der Waals surface area contributed by atoms with Crippen LogP contribution in [0.5, 0.6) is 0 Å². The Morgan fingerprint density at radius 2 is 1.92 bits per heavy atom. The van der Waals surface area contributed by atoms with Gasteiger partial charge in [0.2, 0.25) is 0 Å².